The highest BCUT2D eigenvalue weighted by Crippen LogP contribution is 2.48. The number of thioether (sulfide) groups is 3. The summed E-state index contributed by atoms with van der Waals surface area (Å²) in [5.41, 5.74) is 2.42. The third-order valence-corrected chi connectivity index (χ3v) is 12.3. The number of fused-ring (bicyclic) bond motifs is 4. The molecule has 0 atom stereocenters. The highest BCUT2D eigenvalue weighted by atomic mass is 32.2. The lowest BCUT2D eigenvalue weighted by Crippen LogP contribution is -2.19. The van der Waals surface area contributed by atoms with Crippen LogP contribution in [0.15, 0.2) is 80.3 Å². The normalized spacial score (nSPS) is 18.0. The maximum Gasteiger partial charge on any atom is 0.169 e. The lowest BCUT2D eigenvalue weighted by molar-refractivity contribution is 0.629. The van der Waals surface area contributed by atoms with E-state index >= 15 is 0 Å². The first-order valence-corrected chi connectivity index (χ1v) is 17.0. The first-order chi connectivity index (χ1) is 19.5. The Morgan fingerprint density at radius 2 is 1.35 bits per heavy atom. The van der Waals surface area contributed by atoms with Crippen LogP contribution in [0.4, 0.5) is 8.78 Å². The number of thiophene rings is 2. The molecule has 4 nitrogen and oxygen atoms in total. The lowest BCUT2D eigenvalue weighted by atomic mass is 10.2. The number of benzene rings is 2. The van der Waals surface area contributed by atoms with Gasteiger partial charge in [-0.15, -0.1) is 34.4 Å². The SMILES string of the molecule is C=CC1=C(c2cc3ccc(F)cc3s2)N2CCN=C2S1.CSC1=C(c2cc3ccc(F)cc3s2)N2CCN=C2S1. The predicted octanol–water partition coefficient (Wildman–Crippen LogP) is 8.76. The highest BCUT2D eigenvalue weighted by molar-refractivity contribution is 8.30. The van der Waals surface area contributed by atoms with Crippen molar-refractivity contribution in [1.82, 2.24) is 9.80 Å². The molecule has 6 heterocycles. The predicted molar refractivity (Wildman–Crippen MR) is 174 cm³/mol. The molecule has 0 bridgehead atoms. The Labute approximate surface area is 251 Å². The first-order valence-electron chi connectivity index (χ1n) is 12.6. The second kappa shape index (κ2) is 10.7. The topological polar surface area (TPSA) is 31.2 Å². The molecule has 0 saturated carbocycles. The number of hydrogen-bond acceptors (Lipinski definition) is 9. The molecule has 0 fully saturated rings. The molecule has 11 heteroatoms. The van der Waals surface area contributed by atoms with Crippen molar-refractivity contribution < 1.29 is 8.78 Å². The lowest BCUT2D eigenvalue weighted by Gasteiger charge is -2.15. The molecule has 0 radical (unpaired) electrons. The van der Waals surface area contributed by atoms with Crippen LogP contribution >= 0.6 is 58.0 Å². The minimum Gasteiger partial charge on any atom is -0.317 e. The fourth-order valence-electron chi connectivity index (χ4n) is 4.97. The fraction of sp³-hybridized carbons (Fsp3) is 0.172. The number of hydrogen-bond donors (Lipinski definition) is 0. The van der Waals surface area contributed by atoms with Crippen molar-refractivity contribution in [2.45, 2.75) is 0 Å². The van der Waals surface area contributed by atoms with Crippen LogP contribution in [-0.2, 0) is 0 Å². The van der Waals surface area contributed by atoms with Crippen LogP contribution in [0.25, 0.3) is 31.6 Å². The van der Waals surface area contributed by atoms with E-state index in [0.29, 0.717) is 0 Å². The van der Waals surface area contributed by atoms with Crippen molar-refractivity contribution in [2.75, 3.05) is 32.4 Å². The van der Waals surface area contributed by atoms with Crippen molar-refractivity contribution >= 4 is 99.9 Å². The van der Waals surface area contributed by atoms with E-state index in [0.717, 1.165) is 66.5 Å². The summed E-state index contributed by atoms with van der Waals surface area (Å²) in [5, 5.41) is 4.34. The smallest absolute Gasteiger partial charge is 0.169 e. The zero-order chi connectivity index (χ0) is 27.4. The van der Waals surface area contributed by atoms with Gasteiger partial charge in [-0.05, 0) is 77.0 Å². The molecule has 2 aromatic heterocycles. The van der Waals surface area contributed by atoms with Crippen LogP contribution in [0.5, 0.6) is 0 Å². The van der Waals surface area contributed by atoms with Gasteiger partial charge in [0, 0.05) is 27.4 Å². The van der Waals surface area contributed by atoms with Crippen LogP contribution < -0.4 is 0 Å². The van der Waals surface area contributed by atoms with Gasteiger partial charge in [0.2, 0.25) is 0 Å². The van der Waals surface area contributed by atoms with E-state index in [1.165, 1.54) is 32.6 Å². The molecule has 0 aliphatic carbocycles. The largest absolute Gasteiger partial charge is 0.317 e. The molecule has 4 aliphatic heterocycles. The summed E-state index contributed by atoms with van der Waals surface area (Å²) >= 11 is 8.45. The minimum absolute atomic E-state index is 0.172. The number of amidine groups is 2. The summed E-state index contributed by atoms with van der Waals surface area (Å²) in [4.78, 5) is 17.1. The quantitative estimate of drug-likeness (QED) is 0.227. The van der Waals surface area contributed by atoms with E-state index < -0.39 is 0 Å². The molecule has 8 rings (SSSR count). The summed E-state index contributed by atoms with van der Waals surface area (Å²) in [5.74, 6) is -0.359. The molecule has 202 valence electrons. The van der Waals surface area contributed by atoms with Gasteiger partial charge in [0.1, 0.15) is 11.6 Å². The van der Waals surface area contributed by atoms with Gasteiger partial charge < -0.3 is 9.80 Å². The van der Waals surface area contributed by atoms with E-state index in [-0.39, 0.29) is 11.6 Å². The summed E-state index contributed by atoms with van der Waals surface area (Å²) in [6, 6.07) is 14.2. The molecular weight excluding hydrogens is 603 g/mol. The van der Waals surface area contributed by atoms with Crippen molar-refractivity contribution in [3.63, 3.8) is 0 Å². The monoisotopic (exact) mass is 624 g/mol. The Morgan fingerprint density at radius 3 is 1.93 bits per heavy atom. The number of halogens is 2. The molecule has 0 unspecified atom stereocenters. The Hall–Kier alpha value is -2.57. The number of allylic oxidation sites excluding steroid dienone is 1. The van der Waals surface area contributed by atoms with Gasteiger partial charge in [-0.1, -0.05) is 24.8 Å². The Balaban J connectivity index is 0.000000132. The molecule has 4 aliphatic rings. The Kier molecular flexibility index (Phi) is 7.03. The van der Waals surface area contributed by atoms with Gasteiger partial charge in [0.15, 0.2) is 10.3 Å². The molecule has 4 aromatic rings. The van der Waals surface area contributed by atoms with Crippen molar-refractivity contribution in [3.05, 3.63) is 91.7 Å². The maximum atomic E-state index is 13.3. The Bertz CT molecular complexity index is 1820. The van der Waals surface area contributed by atoms with Gasteiger partial charge in [-0.2, -0.15) is 0 Å². The van der Waals surface area contributed by atoms with Gasteiger partial charge in [0.05, 0.1) is 38.5 Å². The molecule has 2 aromatic carbocycles. The molecule has 40 heavy (non-hydrogen) atoms. The molecule has 0 spiro atoms. The zero-order valence-electron chi connectivity index (χ0n) is 21.3. The third-order valence-electron chi connectivity index (χ3n) is 6.76. The summed E-state index contributed by atoms with van der Waals surface area (Å²) in [7, 11) is 0. The first kappa shape index (κ1) is 26.3. The molecule has 0 N–H and O–H groups in total. The van der Waals surface area contributed by atoms with E-state index in [2.05, 4.69) is 44.8 Å². The number of nitrogens with zero attached hydrogens (tertiary/aromatic N) is 4. The van der Waals surface area contributed by atoms with Gasteiger partial charge in [0.25, 0.3) is 0 Å². The average Bonchev–Trinajstić information content (AvgIpc) is 3.76. The van der Waals surface area contributed by atoms with Crippen molar-refractivity contribution in [1.29, 1.82) is 0 Å². The van der Waals surface area contributed by atoms with E-state index in [1.807, 2.05) is 18.2 Å². The van der Waals surface area contributed by atoms with Gasteiger partial charge in [-0.25, -0.2) is 8.78 Å². The highest BCUT2D eigenvalue weighted by Gasteiger charge is 2.34. The van der Waals surface area contributed by atoms with Gasteiger partial charge in [-0.3, -0.25) is 9.98 Å². The summed E-state index contributed by atoms with van der Waals surface area (Å²) in [6.45, 7) is 7.47. The van der Waals surface area contributed by atoms with Crippen LogP contribution in [-0.4, -0.2) is 52.6 Å². The van der Waals surface area contributed by atoms with E-state index in [1.54, 1.807) is 70.1 Å². The number of rotatable bonds is 4. The van der Waals surface area contributed by atoms with Crippen molar-refractivity contribution in [2.24, 2.45) is 9.98 Å². The van der Waals surface area contributed by atoms with Crippen LogP contribution in [0.2, 0.25) is 0 Å². The van der Waals surface area contributed by atoms with Crippen LogP contribution in [0, 0.1) is 11.6 Å². The van der Waals surface area contributed by atoms with Gasteiger partial charge >= 0.3 is 0 Å². The fourth-order valence-corrected chi connectivity index (χ4v) is 10.4. The minimum atomic E-state index is -0.187. The average molecular weight is 625 g/mol. The standard InChI is InChI=1S/C15H11FN2S2.C14H11FN2S3/c1-2-11-14(18-6-5-17-15(18)20-11)13-7-9-3-4-10(16)8-12(9)19-13;1-18-13-12(17-5-4-16-14(17)20-13)11-6-8-2-3-9(15)7-10(8)19-11/h2-4,7-8H,1,5-6H2;2-3,6-7H,4-5H2,1H3. The maximum absolute atomic E-state index is 13.3. The van der Waals surface area contributed by atoms with Crippen molar-refractivity contribution in [3.8, 4) is 0 Å². The summed E-state index contributed by atoms with van der Waals surface area (Å²) < 4.78 is 29.9. The van der Waals surface area contributed by atoms with E-state index in [4.69, 9.17) is 0 Å². The molecule has 0 saturated heterocycles. The second-order valence-corrected chi connectivity index (χ2v) is 14.4. The Morgan fingerprint density at radius 1 is 0.800 bits per heavy atom. The van der Waals surface area contributed by atoms with E-state index in [9.17, 15) is 8.78 Å². The molecule has 0 amide bonds. The summed E-state index contributed by atoms with van der Waals surface area (Å²) in [6.07, 6.45) is 3.98. The zero-order valence-corrected chi connectivity index (χ0v) is 25.4. The van der Waals surface area contributed by atoms with Crippen LogP contribution in [0.3, 0.4) is 0 Å². The second-order valence-electron chi connectivity index (χ2n) is 9.18. The molecular formula is C29H22F2N4S5. The third kappa shape index (κ3) is 4.61. The number of aliphatic imine (C=N–C) groups is 2. The van der Waals surface area contributed by atoms with Crippen LogP contribution in [0.1, 0.15) is 9.75 Å².